The number of primary sulfonamides is 1. The molecular formula is C8H14N6O4S. The smallest absolute Gasteiger partial charge is 0.329 e. The summed E-state index contributed by atoms with van der Waals surface area (Å²) >= 11 is 0. The summed E-state index contributed by atoms with van der Waals surface area (Å²) in [6, 6.07) is 0. The van der Waals surface area contributed by atoms with Crippen LogP contribution in [0.4, 0.5) is 17.5 Å². The Hall–Kier alpha value is -2.01. The molecule has 106 valence electrons. The van der Waals surface area contributed by atoms with Gasteiger partial charge in [0.1, 0.15) is 6.20 Å². The number of nitro groups is 1. The first kappa shape index (κ1) is 15.0. The van der Waals surface area contributed by atoms with Crippen LogP contribution in [0.1, 0.15) is 6.92 Å². The van der Waals surface area contributed by atoms with E-state index in [4.69, 9.17) is 5.14 Å². The molecule has 1 heterocycles. The predicted molar refractivity (Wildman–Crippen MR) is 69.3 cm³/mol. The van der Waals surface area contributed by atoms with Gasteiger partial charge in [0.15, 0.2) is 0 Å². The van der Waals surface area contributed by atoms with E-state index in [1.807, 2.05) is 6.92 Å². The second-order valence-corrected chi connectivity index (χ2v) is 5.24. The maximum absolute atomic E-state index is 10.8. The summed E-state index contributed by atoms with van der Waals surface area (Å²) in [6.07, 6.45) is 1.05. The van der Waals surface area contributed by atoms with Crippen LogP contribution < -0.4 is 15.8 Å². The lowest BCUT2D eigenvalue weighted by molar-refractivity contribution is -0.384. The Bertz CT molecular complexity index is 560. The van der Waals surface area contributed by atoms with Crippen LogP contribution >= 0.6 is 0 Å². The van der Waals surface area contributed by atoms with E-state index in [9.17, 15) is 18.5 Å². The zero-order valence-electron chi connectivity index (χ0n) is 10.2. The Kier molecular flexibility index (Phi) is 4.94. The van der Waals surface area contributed by atoms with Crippen LogP contribution in [-0.4, -0.2) is 42.2 Å². The van der Waals surface area contributed by atoms with E-state index in [-0.39, 0.29) is 29.8 Å². The Balaban J connectivity index is 2.88. The van der Waals surface area contributed by atoms with Crippen molar-refractivity contribution in [3.63, 3.8) is 0 Å². The zero-order chi connectivity index (χ0) is 14.5. The molecule has 19 heavy (non-hydrogen) atoms. The first-order chi connectivity index (χ1) is 8.83. The monoisotopic (exact) mass is 290 g/mol. The van der Waals surface area contributed by atoms with Gasteiger partial charge in [0, 0.05) is 13.1 Å². The number of hydrogen-bond acceptors (Lipinski definition) is 8. The topological polar surface area (TPSA) is 153 Å². The number of nitrogens with two attached hydrogens (primary N) is 1. The molecule has 4 N–H and O–H groups in total. The number of rotatable bonds is 7. The molecule has 0 saturated carbocycles. The molecule has 0 radical (unpaired) electrons. The van der Waals surface area contributed by atoms with Gasteiger partial charge in [0.2, 0.25) is 21.8 Å². The van der Waals surface area contributed by atoms with E-state index in [0.717, 1.165) is 6.20 Å². The van der Waals surface area contributed by atoms with Gasteiger partial charge in [-0.15, -0.1) is 0 Å². The summed E-state index contributed by atoms with van der Waals surface area (Å²) in [5.41, 5.74) is -0.337. The summed E-state index contributed by atoms with van der Waals surface area (Å²) in [4.78, 5) is 17.8. The van der Waals surface area contributed by atoms with Crippen molar-refractivity contribution in [3.8, 4) is 0 Å². The maximum Gasteiger partial charge on any atom is 0.329 e. The molecule has 0 aromatic carbocycles. The molecule has 0 spiro atoms. The fourth-order valence-corrected chi connectivity index (χ4v) is 1.58. The van der Waals surface area contributed by atoms with Crippen molar-refractivity contribution in [3.05, 3.63) is 16.3 Å². The number of nitrogens with one attached hydrogen (secondary N) is 2. The second kappa shape index (κ2) is 6.24. The van der Waals surface area contributed by atoms with Crippen molar-refractivity contribution in [2.75, 3.05) is 29.5 Å². The van der Waals surface area contributed by atoms with Gasteiger partial charge in [0.25, 0.3) is 0 Å². The third-order valence-corrected chi connectivity index (χ3v) is 2.75. The van der Waals surface area contributed by atoms with Crippen molar-refractivity contribution < 1.29 is 13.3 Å². The minimum atomic E-state index is -3.64. The lowest BCUT2D eigenvalue weighted by atomic mass is 10.4. The zero-order valence-corrected chi connectivity index (χ0v) is 11.0. The van der Waals surface area contributed by atoms with Gasteiger partial charge >= 0.3 is 5.69 Å². The van der Waals surface area contributed by atoms with Crippen LogP contribution in [-0.2, 0) is 10.0 Å². The summed E-state index contributed by atoms with van der Waals surface area (Å²) in [5, 5.41) is 21.0. The number of aromatic nitrogens is 2. The summed E-state index contributed by atoms with van der Waals surface area (Å²) in [5.74, 6) is -0.198. The van der Waals surface area contributed by atoms with Gasteiger partial charge < -0.3 is 10.6 Å². The Labute approximate surface area is 109 Å². The number of hydrogen-bond donors (Lipinski definition) is 3. The van der Waals surface area contributed by atoms with Crippen molar-refractivity contribution in [2.45, 2.75) is 6.92 Å². The minimum Gasteiger partial charge on any atom is -0.363 e. The van der Waals surface area contributed by atoms with E-state index in [1.54, 1.807) is 0 Å². The van der Waals surface area contributed by atoms with Crippen LogP contribution in [0.5, 0.6) is 0 Å². The Morgan fingerprint density at radius 1 is 1.47 bits per heavy atom. The molecule has 0 aliphatic carbocycles. The lowest BCUT2D eigenvalue weighted by Crippen LogP contribution is -2.23. The molecule has 0 saturated heterocycles. The third kappa shape index (κ3) is 5.01. The second-order valence-electron chi connectivity index (χ2n) is 3.51. The first-order valence-electron chi connectivity index (χ1n) is 5.33. The average Bonchev–Trinajstić information content (AvgIpc) is 2.27. The molecular weight excluding hydrogens is 276 g/mol. The van der Waals surface area contributed by atoms with Gasteiger partial charge in [-0.3, -0.25) is 10.1 Å². The van der Waals surface area contributed by atoms with Crippen molar-refractivity contribution in [1.29, 1.82) is 0 Å². The molecule has 0 aliphatic rings. The number of anilines is 2. The summed E-state index contributed by atoms with van der Waals surface area (Å²) in [7, 11) is -3.64. The Morgan fingerprint density at radius 2 is 2.16 bits per heavy atom. The fourth-order valence-electron chi connectivity index (χ4n) is 1.19. The van der Waals surface area contributed by atoms with Crippen LogP contribution in [0.15, 0.2) is 6.20 Å². The molecule has 11 heteroatoms. The molecule has 0 amide bonds. The minimum absolute atomic E-state index is 0.0559. The molecule has 0 aliphatic heterocycles. The van der Waals surface area contributed by atoms with E-state index in [1.165, 1.54) is 0 Å². The van der Waals surface area contributed by atoms with E-state index in [0.29, 0.717) is 6.54 Å². The largest absolute Gasteiger partial charge is 0.363 e. The molecule has 1 aromatic rings. The SMILES string of the molecule is CCNc1ncc([N+](=O)[O-])c(NCCS(N)(=O)=O)n1. The van der Waals surface area contributed by atoms with Crippen LogP contribution in [0, 0.1) is 10.1 Å². The quantitative estimate of drug-likeness (QED) is 0.449. The van der Waals surface area contributed by atoms with Crippen LogP contribution in [0.25, 0.3) is 0 Å². The van der Waals surface area contributed by atoms with Crippen molar-refractivity contribution >= 4 is 27.5 Å². The van der Waals surface area contributed by atoms with E-state index >= 15 is 0 Å². The van der Waals surface area contributed by atoms with Crippen molar-refractivity contribution in [2.24, 2.45) is 5.14 Å². The first-order valence-corrected chi connectivity index (χ1v) is 7.04. The van der Waals surface area contributed by atoms with E-state index in [2.05, 4.69) is 20.6 Å². The predicted octanol–water partition coefficient (Wildman–Crippen LogP) is -0.483. The molecule has 0 unspecified atom stereocenters. The normalized spacial score (nSPS) is 11.1. The van der Waals surface area contributed by atoms with Gasteiger partial charge in [-0.2, -0.15) is 4.98 Å². The molecule has 0 atom stereocenters. The van der Waals surface area contributed by atoms with Crippen LogP contribution in [0.2, 0.25) is 0 Å². The lowest BCUT2D eigenvalue weighted by Gasteiger charge is -2.07. The molecule has 10 nitrogen and oxygen atoms in total. The highest BCUT2D eigenvalue weighted by atomic mass is 32.2. The molecule has 0 fully saturated rings. The summed E-state index contributed by atoms with van der Waals surface area (Å²) < 4.78 is 21.5. The highest BCUT2D eigenvalue weighted by Gasteiger charge is 2.17. The fraction of sp³-hybridized carbons (Fsp3) is 0.500. The number of nitrogens with zero attached hydrogens (tertiary/aromatic N) is 3. The van der Waals surface area contributed by atoms with Crippen LogP contribution in [0.3, 0.4) is 0 Å². The molecule has 1 aromatic heterocycles. The van der Waals surface area contributed by atoms with Gasteiger partial charge in [-0.25, -0.2) is 18.5 Å². The number of sulfonamides is 1. The Morgan fingerprint density at radius 3 is 2.68 bits per heavy atom. The standard InChI is InChI=1S/C8H14N6O4S/c1-2-10-8-12-5-6(14(15)16)7(13-8)11-3-4-19(9,17)18/h5H,2-4H2,1H3,(H2,9,17,18)(H2,10,11,12,13). The molecule has 0 bridgehead atoms. The third-order valence-electron chi connectivity index (χ3n) is 1.98. The summed E-state index contributed by atoms with van der Waals surface area (Å²) in [6.45, 7) is 2.29. The maximum atomic E-state index is 10.8. The van der Waals surface area contributed by atoms with Gasteiger partial charge in [-0.1, -0.05) is 0 Å². The van der Waals surface area contributed by atoms with E-state index < -0.39 is 14.9 Å². The molecule has 1 rings (SSSR count). The average molecular weight is 290 g/mol. The van der Waals surface area contributed by atoms with Gasteiger partial charge in [0.05, 0.1) is 10.7 Å². The highest BCUT2D eigenvalue weighted by molar-refractivity contribution is 7.89. The van der Waals surface area contributed by atoms with Crippen molar-refractivity contribution in [1.82, 2.24) is 9.97 Å². The highest BCUT2D eigenvalue weighted by Crippen LogP contribution is 2.21. The van der Waals surface area contributed by atoms with Gasteiger partial charge in [-0.05, 0) is 6.92 Å².